The van der Waals surface area contributed by atoms with Crippen LogP contribution in [0.5, 0.6) is 5.75 Å². The number of aliphatic hydroxyl groups is 1. The Morgan fingerprint density at radius 3 is 2.73 bits per heavy atom. The summed E-state index contributed by atoms with van der Waals surface area (Å²) >= 11 is 0. The molecule has 0 amide bonds. The number of hydrogen-bond acceptors (Lipinski definition) is 4. The summed E-state index contributed by atoms with van der Waals surface area (Å²) in [5, 5.41) is 19.5. The minimum Gasteiger partial charge on any atom is -0.491 e. The molecule has 1 atom stereocenters. The zero-order valence-corrected chi connectivity index (χ0v) is 8.64. The van der Waals surface area contributed by atoms with Gasteiger partial charge in [-0.25, -0.2) is 0 Å². The van der Waals surface area contributed by atoms with E-state index >= 15 is 0 Å². The Balaban J connectivity index is 2.78. The number of nitro groups is 1. The number of nitrogens with zero attached hydrogens (tertiary/aromatic N) is 1. The van der Waals surface area contributed by atoms with E-state index in [4.69, 9.17) is 9.84 Å². The Hall–Kier alpha value is -1.62. The molecule has 5 nitrogen and oxygen atoms in total. The molecule has 0 saturated carbocycles. The van der Waals surface area contributed by atoms with E-state index < -0.39 is 11.0 Å². The highest BCUT2D eigenvalue weighted by molar-refractivity contribution is 5.44. The fourth-order valence-electron chi connectivity index (χ4n) is 1.14. The molecule has 15 heavy (non-hydrogen) atoms. The molecular weight excluding hydrogens is 198 g/mol. The van der Waals surface area contributed by atoms with Crippen LogP contribution in [0.25, 0.3) is 0 Å². The fraction of sp³-hybridized carbons (Fsp3) is 0.400. The van der Waals surface area contributed by atoms with Crippen molar-refractivity contribution < 1.29 is 14.8 Å². The lowest BCUT2D eigenvalue weighted by Crippen LogP contribution is -2.12. The molecule has 82 valence electrons. The summed E-state index contributed by atoms with van der Waals surface area (Å²) in [5.74, 6) is 0.527. The molecule has 0 aromatic heterocycles. The van der Waals surface area contributed by atoms with Crippen molar-refractivity contribution in [1.29, 1.82) is 0 Å². The van der Waals surface area contributed by atoms with Crippen molar-refractivity contribution in [3.63, 3.8) is 0 Å². The molecule has 0 heterocycles. The molecule has 1 rings (SSSR count). The van der Waals surface area contributed by atoms with Gasteiger partial charge in [-0.2, -0.15) is 0 Å². The molecule has 0 spiro atoms. The third-order valence-electron chi connectivity index (χ3n) is 1.86. The molecular formula is C10H13NO4. The number of ether oxygens (including phenoxy) is 1. The van der Waals surface area contributed by atoms with Gasteiger partial charge in [0, 0.05) is 11.6 Å². The SMILES string of the molecule is Cc1cc(OC[C@@H](C)O)ccc1[N+](=O)[O-]. The molecule has 0 aliphatic rings. The van der Waals surface area contributed by atoms with Crippen molar-refractivity contribution in [2.45, 2.75) is 20.0 Å². The van der Waals surface area contributed by atoms with E-state index in [1.807, 2.05) is 0 Å². The van der Waals surface area contributed by atoms with Crippen LogP contribution in [0.4, 0.5) is 5.69 Å². The van der Waals surface area contributed by atoms with Gasteiger partial charge in [-0.1, -0.05) is 0 Å². The van der Waals surface area contributed by atoms with Gasteiger partial charge in [0.25, 0.3) is 5.69 Å². The van der Waals surface area contributed by atoms with Crippen LogP contribution in [0.1, 0.15) is 12.5 Å². The number of benzene rings is 1. The maximum Gasteiger partial charge on any atom is 0.272 e. The number of nitro benzene ring substituents is 1. The number of rotatable bonds is 4. The number of aryl methyl sites for hydroxylation is 1. The van der Waals surface area contributed by atoms with Crippen LogP contribution in [0.2, 0.25) is 0 Å². The normalized spacial score (nSPS) is 12.2. The van der Waals surface area contributed by atoms with Crippen molar-refractivity contribution in [3.8, 4) is 5.75 Å². The van der Waals surface area contributed by atoms with Gasteiger partial charge in [0.2, 0.25) is 0 Å². The molecule has 0 aliphatic heterocycles. The molecule has 1 aromatic carbocycles. The zero-order chi connectivity index (χ0) is 11.4. The van der Waals surface area contributed by atoms with E-state index in [-0.39, 0.29) is 12.3 Å². The summed E-state index contributed by atoms with van der Waals surface area (Å²) in [6.45, 7) is 3.43. The maximum atomic E-state index is 10.5. The van der Waals surface area contributed by atoms with Gasteiger partial charge < -0.3 is 9.84 Å². The first-order valence-electron chi connectivity index (χ1n) is 4.56. The summed E-state index contributed by atoms with van der Waals surface area (Å²) in [6, 6.07) is 4.50. The van der Waals surface area contributed by atoms with Gasteiger partial charge in [0.1, 0.15) is 12.4 Å². The van der Waals surface area contributed by atoms with Crippen LogP contribution in [0.3, 0.4) is 0 Å². The van der Waals surface area contributed by atoms with Crippen molar-refractivity contribution in [1.82, 2.24) is 0 Å². The van der Waals surface area contributed by atoms with Gasteiger partial charge in [-0.15, -0.1) is 0 Å². The predicted molar refractivity (Wildman–Crippen MR) is 55.0 cm³/mol. The van der Waals surface area contributed by atoms with Crippen LogP contribution in [0.15, 0.2) is 18.2 Å². The lowest BCUT2D eigenvalue weighted by molar-refractivity contribution is -0.385. The molecule has 5 heteroatoms. The second-order valence-electron chi connectivity index (χ2n) is 3.37. The lowest BCUT2D eigenvalue weighted by Gasteiger charge is -2.08. The third kappa shape index (κ3) is 3.21. The molecule has 0 unspecified atom stereocenters. The summed E-state index contributed by atoms with van der Waals surface area (Å²) in [5.41, 5.74) is 0.613. The topological polar surface area (TPSA) is 72.6 Å². The van der Waals surface area contributed by atoms with Gasteiger partial charge in [-0.3, -0.25) is 10.1 Å². The highest BCUT2D eigenvalue weighted by Crippen LogP contribution is 2.22. The quantitative estimate of drug-likeness (QED) is 0.607. The highest BCUT2D eigenvalue weighted by atomic mass is 16.6. The summed E-state index contributed by atoms with van der Waals surface area (Å²) in [4.78, 5) is 10.1. The Morgan fingerprint density at radius 2 is 2.27 bits per heavy atom. The molecule has 0 bridgehead atoms. The van der Waals surface area contributed by atoms with Gasteiger partial charge >= 0.3 is 0 Å². The minimum atomic E-state index is -0.555. The molecule has 0 radical (unpaired) electrons. The maximum absolute atomic E-state index is 10.5. The Morgan fingerprint density at radius 1 is 1.60 bits per heavy atom. The average Bonchev–Trinajstić information content (AvgIpc) is 2.14. The van der Waals surface area contributed by atoms with E-state index in [1.54, 1.807) is 19.9 Å². The van der Waals surface area contributed by atoms with E-state index in [0.717, 1.165) is 0 Å². The van der Waals surface area contributed by atoms with Crippen LogP contribution in [-0.2, 0) is 0 Å². The smallest absolute Gasteiger partial charge is 0.272 e. The molecule has 1 N–H and O–H groups in total. The average molecular weight is 211 g/mol. The molecule has 0 aliphatic carbocycles. The highest BCUT2D eigenvalue weighted by Gasteiger charge is 2.10. The number of aliphatic hydroxyl groups excluding tert-OH is 1. The Kier molecular flexibility index (Phi) is 3.62. The zero-order valence-electron chi connectivity index (χ0n) is 8.64. The van der Waals surface area contributed by atoms with E-state index in [0.29, 0.717) is 11.3 Å². The van der Waals surface area contributed by atoms with E-state index in [1.165, 1.54) is 12.1 Å². The number of hydrogen-bond donors (Lipinski definition) is 1. The van der Waals surface area contributed by atoms with Crippen molar-refractivity contribution in [2.75, 3.05) is 6.61 Å². The van der Waals surface area contributed by atoms with Crippen LogP contribution >= 0.6 is 0 Å². The van der Waals surface area contributed by atoms with Crippen LogP contribution in [0, 0.1) is 17.0 Å². The second-order valence-corrected chi connectivity index (χ2v) is 3.37. The monoisotopic (exact) mass is 211 g/mol. The third-order valence-corrected chi connectivity index (χ3v) is 1.86. The van der Waals surface area contributed by atoms with Crippen molar-refractivity contribution in [2.24, 2.45) is 0 Å². The predicted octanol–water partition coefficient (Wildman–Crippen LogP) is 1.66. The fourth-order valence-corrected chi connectivity index (χ4v) is 1.14. The largest absolute Gasteiger partial charge is 0.491 e. The molecule has 0 saturated heterocycles. The first kappa shape index (κ1) is 11.5. The lowest BCUT2D eigenvalue weighted by atomic mass is 10.2. The van der Waals surface area contributed by atoms with Crippen LogP contribution < -0.4 is 4.74 Å². The molecule has 1 aromatic rings. The summed E-state index contributed by atoms with van der Waals surface area (Å²) in [6.07, 6.45) is -0.555. The van der Waals surface area contributed by atoms with Crippen LogP contribution in [-0.4, -0.2) is 22.7 Å². The Labute approximate surface area is 87.5 Å². The van der Waals surface area contributed by atoms with Gasteiger partial charge in [-0.05, 0) is 26.0 Å². The Bertz CT molecular complexity index is 362. The minimum absolute atomic E-state index is 0.0689. The summed E-state index contributed by atoms with van der Waals surface area (Å²) < 4.78 is 5.21. The standard InChI is InChI=1S/C10H13NO4/c1-7-5-9(15-6-8(2)12)3-4-10(7)11(13)14/h3-5,8,12H,6H2,1-2H3/t8-/m1/s1. The molecule has 0 fully saturated rings. The van der Waals surface area contributed by atoms with Gasteiger partial charge in [0.05, 0.1) is 11.0 Å². The van der Waals surface area contributed by atoms with Gasteiger partial charge in [0.15, 0.2) is 0 Å². The van der Waals surface area contributed by atoms with Crippen molar-refractivity contribution >= 4 is 5.69 Å². The second kappa shape index (κ2) is 4.75. The first-order valence-corrected chi connectivity index (χ1v) is 4.56. The van der Waals surface area contributed by atoms with E-state index in [2.05, 4.69) is 0 Å². The van der Waals surface area contributed by atoms with E-state index in [9.17, 15) is 10.1 Å². The van der Waals surface area contributed by atoms with Crippen molar-refractivity contribution in [3.05, 3.63) is 33.9 Å². The summed E-state index contributed by atoms with van der Waals surface area (Å²) in [7, 11) is 0. The first-order chi connectivity index (χ1) is 7.00.